The predicted molar refractivity (Wildman–Crippen MR) is 94.8 cm³/mol. The van der Waals surface area contributed by atoms with Crippen molar-refractivity contribution in [3.05, 3.63) is 66.9 Å². The number of aromatic nitrogens is 4. The van der Waals surface area contributed by atoms with E-state index in [-0.39, 0.29) is 4.90 Å². The van der Waals surface area contributed by atoms with Crippen molar-refractivity contribution in [3.8, 4) is 22.6 Å². The molecular formula is C18H14N4O2S. The molecule has 2 aromatic carbocycles. The second-order valence-electron chi connectivity index (χ2n) is 5.62. The lowest BCUT2D eigenvalue weighted by Gasteiger charge is -2.09. The molecule has 2 aromatic heterocycles. The van der Waals surface area contributed by atoms with Gasteiger partial charge in [-0.05, 0) is 0 Å². The minimum atomic E-state index is -3.48. The van der Waals surface area contributed by atoms with E-state index >= 15 is 0 Å². The highest BCUT2D eigenvalue weighted by molar-refractivity contribution is 7.90. The van der Waals surface area contributed by atoms with Gasteiger partial charge in [0.15, 0.2) is 15.7 Å². The Labute approximate surface area is 144 Å². The third kappa shape index (κ3) is 2.78. The standard InChI is InChI=1S/C18H14N4O2S/c1-25(23,24)15-12-19-18-20-17(14-10-6-3-7-11-14)21-22(18)16(15)13-8-4-2-5-9-13/h2-12H,1H3. The number of sulfone groups is 1. The van der Waals surface area contributed by atoms with Crippen molar-refractivity contribution in [2.45, 2.75) is 4.90 Å². The van der Waals surface area contributed by atoms with Crippen molar-refractivity contribution in [1.82, 2.24) is 19.6 Å². The normalized spacial score (nSPS) is 11.7. The Hall–Kier alpha value is -3.06. The molecule has 0 N–H and O–H groups in total. The van der Waals surface area contributed by atoms with Crippen molar-refractivity contribution in [3.63, 3.8) is 0 Å². The average molecular weight is 350 g/mol. The first-order valence-corrected chi connectivity index (χ1v) is 9.50. The molecule has 6 nitrogen and oxygen atoms in total. The van der Waals surface area contributed by atoms with Crippen LogP contribution in [0.1, 0.15) is 0 Å². The van der Waals surface area contributed by atoms with E-state index in [0.717, 1.165) is 17.4 Å². The number of benzene rings is 2. The van der Waals surface area contributed by atoms with Gasteiger partial charge in [0.25, 0.3) is 5.78 Å². The summed E-state index contributed by atoms with van der Waals surface area (Å²) < 4.78 is 26.0. The van der Waals surface area contributed by atoms with Crippen LogP contribution in [-0.2, 0) is 9.84 Å². The summed E-state index contributed by atoms with van der Waals surface area (Å²) in [6.07, 6.45) is 2.51. The molecule has 4 rings (SSSR count). The molecule has 0 aliphatic rings. The predicted octanol–water partition coefficient (Wildman–Crippen LogP) is 2.86. The van der Waals surface area contributed by atoms with Crippen LogP contribution in [0.2, 0.25) is 0 Å². The lowest BCUT2D eigenvalue weighted by Crippen LogP contribution is -2.07. The van der Waals surface area contributed by atoms with Gasteiger partial charge in [-0.25, -0.2) is 13.4 Å². The van der Waals surface area contributed by atoms with Gasteiger partial charge >= 0.3 is 0 Å². The summed E-state index contributed by atoms with van der Waals surface area (Å²) in [7, 11) is -3.48. The lowest BCUT2D eigenvalue weighted by atomic mass is 10.1. The molecular weight excluding hydrogens is 336 g/mol. The fourth-order valence-corrected chi connectivity index (χ4v) is 3.46. The summed E-state index contributed by atoms with van der Waals surface area (Å²) in [5.74, 6) is 0.848. The highest BCUT2D eigenvalue weighted by Crippen LogP contribution is 2.28. The van der Waals surface area contributed by atoms with Crippen molar-refractivity contribution < 1.29 is 8.42 Å². The fourth-order valence-electron chi connectivity index (χ4n) is 2.66. The molecule has 0 fully saturated rings. The maximum absolute atomic E-state index is 12.2. The summed E-state index contributed by atoms with van der Waals surface area (Å²) >= 11 is 0. The summed E-state index contributed by atoms with van der Waals surface area (Å²) in [5.41, 5.74) is 2.04. The highest BCUT2D eigenvalue weighted by Gasteiger charge is 2.21. The highest BCUT2D eigenvalue weighted by atomic mass is 32.2. The van der Waals surface area contributed by atoms with Crippen molar-refractivity contribution in [2.24, 2.45) is 0 Å². The summed E-state index contributed by atoms with van der Waals surface area (Å²) in [6.45, 7) is 0. The van der Waals surface area contributed by atoms with E-state index < -0.39 is 9.84 Å². The maximum atomic E-state index is 12.2. The van der Waals surface area contributed by atoms with Crippen LogP contribution in [0.5, 0.6) is 0 Å². The van der Waals surface area contributed by atoms with Crippen LogP contribution in [0.3, 0.4) is 0 Å². The van der Waals surface area contributed by atoms with Gasteiger partial charge in [-0.3, -0.25) is 0 Å². The Kier molecular flexibility index (Phi) is 3.58. The Balaban J connectivity index is 2.06. The molecule has 124 valence electrons. The van der Waals surface area contributed by atoms with E-state index in [1.54, 1.807) is 0 Å². The van der Waals surface area contributed by atoms with Crippen LogP contribution >= 0.6 is 0 Å². The summed E-state index contributed by atoms with van der Waals surface area (Å²) in [5, 5.41) is 4.51. The molecule has 0 aliphatic heterocycles. The van der Waals surface area contributed by atoms with Crippen LogP contribution in [0, 0.1) is 0 Å². The molecule has 0 spiro atoms. The van der Waals surface area contributed by atoms with Crippen molar-refractivity contribution >= 4 is 15.6 Å². The van der Waals surface area contributed by atoms with Crippen molar-refractivity contribution in [2.75, 3.05) is 6.26 Å². The SMILES string of the molecule is CS(=O)(=O)c1cnc2nc(-c3ccccc3)nn2c1-c1ccccc1. The number of rotatable bonds is 3. The van der Waals surface area contributed by atoms with Crippen LogP contribution in [0.4, 0.5) is 0 Å². The monoisotopic (exact) mass is 350 g/mol. The van der Waals surface area contributed by atoms with Gasteiger partial charge < -0.3 is 0 Å². The second kappa shape index (κ2) is 5.78. The summed E-state index contributed by atoms with van der Waals surface area (Å²) in [6, 6.07) is 18.8. The zero-order valence-electron chi connectivity index (χ0n) is 13.4. The zero-order chi connectivity index (χ0) is 17.4. The zero-order valence-corrected chi connectivity index (χ0v) is 14.2. The van der Waals surface area contributed by atoms with E-state index in [1.807, 2.05) is 60.7 Å². The fraction of sp³-hybridized carbons (Fsp3) is 0.0556. The molecule has 0 aliphatic carbocycles. The van der Waals surface area contributed by atoms with E-state index in [1.165, 1.54) is 10.7 Å². The number of nitrogens with zero attached hydrogens (tertiary/aromatic N) is 4. The third-order valence-corrected chi connectivity index (χ3v) is 4.91. The molecule has 2 heterocycles. The van der Waals surface area contributed by atoms with Gasteiger partial charge in [0.05, 0.1) is 11.9 Å². The first kappa shape index (κ1) is 15.5. The van der Waals surface area contributed by atoms with Gasteiger partial charge in [-0.2, -0.15) is 9.50 Å². The van der Waals surface area contributed by atoms with Gasteiger partial charge in [0.2, 0.25) is 0 Å². The maximum Gasteiger partial charge on any atom is 0.253 e. The molecule has 0 saturated heterocycles. The molecule has 25 heavy (non-hydrogen) atoms. The molecule has 4 aromatic rings. The lowest BCUT2D eigenvalue weighted by molar-refractivity contribution is 0.601. The van der Waals surface area contributed by atoms with Gasteiger partial charge in [0.1, 0.15) is 4.90 Å². The summed E-state index contributed by atoms with van der Waals surface area (Å²) in [4.78, 5) is 8.75. The molecule has 0 atom stereocenters. The van der Waals surface area contributed by atoms with E-state index in [2.05, 4.69) is 15.1 Å². The number of fused-ring (bicyclic) bond motifs is 1. The van der Waals surface area contributed by atoms with E-state index in [4.69, 9.17) is 0 Å². The molecule has 0 unspecified atom stereocenters. The Morgan fingerprint density at radius 3 is 2.08 bits per heavy atom. The Bertz CT molecular complexity index is 1150. The first-order valence-electron chi connectivity index (χ1n) is 7.61. The quantitative estimate of drug-likeness (QED) is 0.568. The Morgan fingerprint density at radius 1 is 0.880 bits per heavy atom. The van der Waals surface area contributed by atoms with E-state index in [0.29, 0.717) is 17.3 Å². The van der Waals surface area contributed by atoms with Gasteiger partial charge in [0, 0.05) is 17.4 Å². The molecule has 7 heteroatoms. The molecule has 0 amide bonds. The van der Waals surface area contributed by atoms with Crippen molar-refractivity contribution in [1.29, 1.82) is 0 Å². The van der Waals surface area contributed by atoms with Crippen LogP contribution in [0.25, 0.3) is 28.4 Å². The topological polar surface area (TPSA) is 77.2 Å². The first-order chi connectivity index (χ1) is 12.0. The second-order valence-corrected chi connectivity index (χ2v) is 7.61. The largest absolute Gasteiger partial charge is 0.253 e. The minimum Gasteiger partial charge on any atom is -0.224 e. The third-order valence-electron chi connectivity index (χ3n) is 3.81. The van der Waals surface area contributed by atoms with Crippen LogP contribution in [0.15, 0.2) is 71.8 Å². The number of hydrogen-bond acceptors (Lipinski definition) is 5. The van der Waals surface area contributed by atoms with E-state index in [9.17, 15) is 8.42 Å². The minimum absolute atomic E-state index is 0.121. The smallest absolute Gasteiger partial charge is 0.224 e. The molecule has 0 radical (unpaired) electrons. The Morgan fingerprint density at radius 2 is 1.48 bits per heavy atom. The molecule has 0 bridgehead atoms. The molecule has 0 saturated carbocycles. The van der Waals surface area contributed by atoms with Crippen LogP contribution < -0.4 is 0 Å². The van der Waals surface area contributed by atoms with Crippen LogP contribution in [-0.4, -0.2) is 34.3 Å². The average Bonchev–Trinajstić information content (AvgIpc) is 3.06. The number of hydrogen-bond donors (Lipinski definition) is 0. The van der Waals surface area contributed by atoms with Gasteiger partial charge in [-0.1, -0.05) is 60.7 Å². The van der Waals surface area contributed by atoms with Gasteiger partial charge in [-0.15, -0.1) is 5.10 Å².